The molecule has 0 bridgehead atoms. The summed E-state index contributed by atoms with van der Waals surface area (Å²) in [6.45, 7) is 9.29. The van der Waals surface area contributed by atoms with Crippen molar-refractivity contribution in [2.24, 2.45) is 17.6 Å². The first-order valence-electron chi connectivity index (χ1n) is 7.69. The van der Waals surface area contributed by atoms with Crippen molar-refractivity contribution >= 4 is 11.6 Å². The van der Waals surface area contributed by atoms with E-state index in [0.717, 1.165) is 17.7 Å². The van der Waals surface area contributed by atoms with E-state index in [1.807, 2.05) is 19.9 Å². The van der Waals surface area contributed by atoms with E-state index in [4.69, 9.17) is 5.73 Å². The second-order valence-corrected chi connectivity index (χ2v) is 6.04. The molecule has 1 atom stereocenters. The fourth-order valence-electron chi connectivity index (χ4n) is 2.66. The van der Waals surface area contributed by atoms with Gasteiger partial charge in [0.05, 0.1) is 5.69 Å². The Labute approximate surface area is 128 Å². The van der Waals surface area contributed by atoms with E-state index in [2.05, 4.69) is 13.8 Å². The predicted molar refractivity (Wildman–Crippen MR) is 87.5 cm³/mol. The van der Waals surface area contributed by atoms with E-state index in [-0.39, 0.29) is 17.6 Å². The second kappa shape index (κ2) is 8.03. The summed E-state index contributed by atoms with van der Waals surface area (Å²) >= 11 is 0. The normalized spacial score (nSPS) is 12.5. The number of hydrogen-bond acceptors (Lipinski definition) is 3. The van der Waals surface area contributed by atoms with Gasteiger partial charge in [-0.3, -0.25) is 4.79 Å². The molecule has 0 aliphatic rings. The molecule has 1 aromatic rings. The Kier molecular flexibility index (Phi) is 6.69. The van der Waals surface area contributed by atoms with Gasteiger partial charge in [-0.15, -0.1) is 0 Å². The molecular formula is C17H28N2O2. The van der Waals surface area contributed by atoms with Crippen LogP contribution in [0.25, 0.3) is 0 Å². The molecular weight excluding hydrogens is 264 g/mol. The van der Waals surface area contributed by atoms with Gasteiger partial charge in [0.15, 0.2) is 0 Å². The van der Waals surface area contributed by atoms with E-state index in [9.17, 15) is 9.90 Å². The maximum atomic E-state index is 12.6. The standard InChI is InChI=1S/C17H28N2O2/c1-5-19(16-10-15(20)7-6-13(16)4)17(21)9-14(11-18)8-12(2)3/h6-7,10,12,14,20H,5,8-9,11,18H2,1-4H3/t14-/m0/s1. The van der Waals surface area contributed by atoms with Crippen LogP contribution in [0.4, 0.5) is 5.69 Å². The molecule has 1 amide bonds. The lowest BCUT2D eigenvalue weighted by atomic mass is 9.93. The minimum atomic E-state index is 0.0716. The zero-order chi connectivity index (χ0) is 16.0. The van der Waals surface area contributed by atoms with Crippen LogP contribution in [0.1, 0.15) is 39.2 Å². The number of aromatic hydroxyl groups is 1. The summed E-state index contributed by atoms with van der Waals surface area (Å²) < 4.78 is 0. The van der Waals surface area contributed by atoms with E-state index in [1.54, 1.807) is 17.0 Å². The summed E-state index contributed by atoms with van der Waals surface area (Å²) in [5, 5.41) is 9.65. The van der Waals surface area contributed by atoms with Gasteiger partial charge < -0.3 is 15.7 Å². The van der Waals surface area contributed by atoms with Crippen LogP contribution in [-0.4, -0.2) is 24.1 Å². The molecule has 0 unspecified atom stereocenters. The number of amides is 1. The maximum Gasteiger partial charge on any atom is 0.227 e. The Morgan fingerprint density at radius 1 is 1.38 bits per heavy atom. The number of rotatable bonds is 7. The fraction of sp³-hybridized carbons (Fsp3) is 0.588. The molecule has 1 rings (SSSR count). The summed E-state index contributed by atoms with van der Waals surface area (Å²) in [6, 6.07) is 5.12. The summed E-state index contributed by atoms with van der Waals surface area (Å²) in [4.78, 5) is 14.3. The lowest BCUT2D eigenvalue weighted by Gasteiger charge is -2.26. The lowest BCUT2D eigenvalue weighted by Crippen LogP contribution is -2.34. The van der Waals surface area contributed by atoms with Gasteiger partial charge in [0.2, 0.25) is 5.91 Å². The molecule has 0 aliphatic carbocycles. The maximum absolute atomic E-state index is 12.6. The molecule has 4 heteroatoms. The predicted octanol–water partition coefficient (Wildman–Crippen LogP) is 3.06. The third-order valence-electron chi connectivity index (χ3n) is 3.70. The molecule has 0 fully saturated rings. The lowest BCUT2D eigenvalue weighted by molar-refractivity contribution is -0.119. The molecule has 0 spiro atoms. The number of benzene rings is 1. The third-order valence-corrected chi connectivity index (χ3v) is 3.70. The van der Waals surface area contributed by atoms with Crippen molar-refractivity contribution in [1.82, 2.24) is 0 Å². The minimum absolute atomic E-state index is 0.0716. The Bertz CT molecular complexity index is 472. The molecule has 0 radical (unpaired) electrons. The Morgan fingerprint density at radius 2 is 2.05 bits per heavy atom. The molecule has 4 nitrogen and oxygen atoms in total. The highest BCUT2D eigenvalue weighted by Gasteiger charge is 2.20. The number of hydrogen-bond donors (Lipinski definition) is 2. The Balaban J connectivity index is 2.88. The quantitative estimate of drug-likeness (QED) is 0.811. The first-order chi connectivity index (χ1) is 9.88. The summed E-state index contributed by atoms with van der Waals surface area (Å²) in [5.74, 6) is 0.995. The SMILES string of the molecule is CCN(C(=O)C[C@@H](CN)CC(C)C)c1cc(O)ccc1C. The van der Waals surface area contributed by atoms with Crippen molar-refractivity contribution in [2.75, 3.05) is 18.0 Å². The number of carbonyl (C=O) groups excluding carboxylic acids is 1. The number of nitrogens with zero attached hydrogens (tertiary/aromatic N) is 1. The zero-order valence-electron chi connectivity index (χ0n) is 13.6. The number of carbonyl (C=O) groups is 1. The Hall–Kier alpha value is -1.55. The summed E-state index contributed by atoms with van der Waals surface area (Å²) in [5.41, 5.74) is 7.56. The van der Waals surface area contributed by atoms with E-state index < -0.39 is 0 Å². The highest BCUT2D eigenvalue weighted by atomic mass is 16.3. The van der Waals surface area contributed by atoms with Gasteiger partial charge in [0.25, 0.3) is 0 Å². The van der Waals surface area contributed by atoms with Crippen LogP contribution in [0.2, 0.25) is 0 Å². The first kappa shape index (κ1) is 17.5. The van der Waals surface area contributed by atoms with Crippen molar-refractivity contribution < 1.29 is 9.90 Å². The second-order valence-electron chi connectivity index (χ2n) is 6.04. The summed E-state index contributed by atoms with van der Waals surface area (Å²) in [7, 11) is 0. The van der Waals surface area contributed by atoms with Crippen LogP contribution in [-0.2, 0) is 4.79 Å². The number of anilines is 1. The topological polar surface area (TPSA) is 66.6 Å². The van der Waals surface area contributed by atoms with Crippen molar-refractivity contribution in [1.29, 1.82) is 0 Å². The van der Waals surface area contributed by atoms with Gasteiger partial charge in [0.1, 0.15) is 5.75 Å². The van der Waals surface area contributed by atoms with Crippen molar-refractivity contribution in [2.45, 2.75) is 40.5 Å². The molecule has 0 aromatic heterocycles. The van der Waals surface area contributed by atoms with Crippen LogP contribution in [0, 0.1) is 18.8 Å². The van der Waals surface area contributed by atoms with Gasteiger partial charge in [-0.25, -0.2) is 0 Å². The number of nitrogens with two attached hydrogens (primary N) is 1. The first-order valence-corrected chi connectivity index (χ1v) is 7.69. The molecule has 21 heavy (non-hydrogen) atoms. The Morgan fingerprint density at radius 3 is 2.57 bits per heavy atom. The smallest absolute Gasteiger partial charge is 0.227 e. The van der Waals surface area contributed by atoms with Gasteiger partial charge >= 0.3 is 0 Å². The molecule has 118 valence electrons. The van der Waals surface area contributed by atoms with E-state index in [0.29, 0.717) is 25.4 Å². The number of phenolic OH excluding ortho intramolecular Hbond substituents is 1. The van der Waals surface area contributed by atoms with Gasteiger partial charge in [-0.2, -0.15) is 0 Å². The molecule has 0 saturated carbocycles. The molecule has 0 heterocycles. The van der Waals surface area contributed by atoms with E-state index in [1.165, 1.54) is 0 Å². The van der Waals surface area contributed by atoms with Crippen molar-refractivity contribution in [3.63, 3.8) is 0 Å². The average Bonchev–Trinajstić information content (AvgIpc) is 2.42. The van der Waals surface area contributed by atoms with Gasteiger partial charge in [-0.05, 0) is 50.3 Å². The number of phenols is 1. The largest absolute Gasteiger partial charge is 0.508 e. The van der Waals surface area contributed by atoms with Crippen molar-refractivity contribution in [3.05, 3.63) is 23.8 Å². The monoisotopic (exact) mass is 292 g/mol. The summed E-state index contributed by atoms with van der Waals surface area (Å²) in [6.07, 6.45) is 1.41. The fourth-order valence-corrected chi connectivity index (χ4v) is 2.66. The zero-order valence-corrected chi connectivity index (χ0v) is 13.6. The van der Waals surface area contributed by atoms with Crippen molar-refractivity contribution in [3.8, 4) is 5.75 Å². The molecule has 1 aromatic carbocycles. The average molecular weight is 292 g/mol. The van der Waals surface area contributed by atoms with Gasteiger partial charge in [-0.1, -0.05) is 19.9 Å². The number of aryl methyl sites for hydroxylation is 1. The minimum Gasteiger partial charge on any atom is -0.508 e. The van der Waals surface area contributed by atoms with Crippen LogP contribution in [0.5, 0.6) is 5.75 Å². The molecule has 0 saturated heterocycles. The van der Waals surface area contributed by atoms with E-state index >= 15 is 0 Å². The molecule has 3 N–H and O–H groups in total. The third kappa shape index (κ3) is 5.05. The highest BCUT2D eigenvalue weighted by Crippen LogP contribution is 2.26. The van der Waals surface area contributed by atoms with Crippen LogP contribution >= 0.6 is 0 Å². The van der Waals surface area contributed by atoms with Gasteiger partial charge in [0, 0.05) is 19.0 Å². The van der Waals surface area contributed by atoms with Crippen LogP contribution in [0.15, 0.2) is 18.2 Å². The van der Waals surface area contributed by atoms with Crippen LogP contribution in [0.3, 0.4) is 0 Å². The molecule has 0 aliphatic heterocycles. The highest BCUT2D eigenvalue weighted by molar-refractivity contribution is 5.94. The van der Waals surface area contributed by atoms with Crippen LogP contribution < -0.4 is 10.6 Å².